The molecule has 19 heavy (non-hydrogen) atoms. The molecule has 0 aliphatic carbocycles. The van der Waals surface area contributed by atoms with Crippen LogP contribution in [0.2, 0.25) is 0 Å². The SMILES string of the molecule is COc1cc(C)c(C(N)c2ccccc2C)cc1C. The van der Waals surface area contributed by atoms with Crippen LogP contribution in [0.3, 0.4) is 0 Å². The van der Waals surface area contributed by atoms with Gasteiger partial charge in [0.05, 0.1) is 13.2 Å². The first-order valence-electron chi connectivity index (χ1n) is 6.51. The van der Waals surface area contributed by atoms with Gasteiger partial charge >= 0.3 is 0 Å². The molecule has 0 fully saturated rings. The minimum Gasteiger partial charge on any atom is -0.496 e. The Hall–Kier alpha value is -1.80. The van der Waals surface area contributed by atoms with E-state index in [1.807, 2.05) is 19.1 Å². The van der Waals surface area contributed by atoms with E-state index in [1.54, 1.807) is 7.11 Å². The summed E-state index contributed by atoms with van der Waals surface area (Å²) in [5.41, 5.74) is 12.3. The molecule has 0 aromatic heterocycles. The molecule has 2 nitrogen and oxygen atoms in total. The third kappa shape index (κ3) is 2.64. The zero-order chi connectivity index (χ0) is 14.0. The van der Waals surface area contributed by atoms with E-state index in [2.05, 4.69) is 38.1 Å². The van der Waals surface area contributed by atoms with Crippen molar-refractivity contribution < 1.29 is 4.74 Å². The Balaban J connectivity index is 2.48. The second-order valence-electron chi connectivity index (χ2n) is 5.01. The number of ether oxygens (including phenoxy) is 1. The van der Waals surface area contributed by atoms with Crippen LogP contribution in [0.1, 0.15) is 33.9 Å². The van der Waals surface area contributed by atoms with Gasteiger partial charge in [-0.25, -0.2) is 0 Å². The molecule has 0 spiro atoms. The van der Waals surface area contributed by atoms with E-state index < -0.39 is 0 Å². The van der Waals surface area contributed by atoms with Crippen molar-refractivity contribution in [2.24, 2.45) is 5.73 Å². The van der Waals surface area contributed by atoms with Crippen LogP contribution in [0.5, 0.6) is 5.75 Å². The van der Waals surface area contributed by atoms with Crippen LogP contribution >= 0.6 is 0 Å². The van der Waals surface area contributed by atoms with Crippen LogP contribution < -0.4 is 10.5 Å². The highest BCUT2D eigenvalue weighted by Crippen LogP contribution is 2.29. The predicted molar refractivity (Wildman–Crippen MR) is 79.7 cm³/mol. The molecule has 0 radical (unpaired) electrons. The van der Waals surface area contributed by atoms with E-state index in [4.69, 9.17) is 10.5 Å². The Bertz CT molecular complexity index is 590. The smallest absolute Gasteiger partial charge is 0.122 e. The third-order valence-electron chi connectivity index (χ3n) is 3.64. The molecular weight excluding hydrogens is 234 g/mol. The summed E-state index contributed by atoms with van der Waals surface area (Å²) in [5, 5.41) is 0. The molecule has 2 N–H and O–H groups in total. The molecule has 2 rings (SSSR count). The van der Waals surface area contributed by atoms with Crippen LogP contribution in [0.4, 0.5) is 0 Å². The Kier molecular flexibility index (Phi) is 3.91. The molecule has 0 bridgehead atoms. The lowest BCUT2D eigenvalue weighted by Crippen LogP contribution is -2.15. The Labute approximate surface area is 115 Å². The summed E-state index contributed by atoms with van der Waals surface area (Å²) < 4.78 is 5.35. The number of rotatable bonds is 3. The molecular formula is C17H21NO. The van der Waals surface area contributed by atoms with Crippen molar-refractivity contribution in [3.8, 4) is 5.75 Å². The van der Waals surface area contributed by atoms with Gasteiger partial charge in [-0.15, -0.1) is 0 Å². The van der Waals surface area contributed by atoms with Crippen molar-refractivity contribution >= 4 is 0 Å². The van der Waals surface area contributed by atoms with Crippen LogP contribution in [-0.2, 0) is 0 Å². The van der Waals surface area contributed by atoms with Gasteiger partial charge in [0.25, 0.3) is 0 Å². The zero-order valence-corrected chi connectivity index (χ0v) is 12.0. The van der Waals surface area contributed by atoms with Gasteiger partial charge in [0.2, 0.25) is 0 Å². The summed E-state index contributed by atoms with van der Waals surface area (Å²) in [5.74, 6) is 0.915. The highest BCUT2D eigenvalue weighted by atomic mass is 16.5. The maximum absolute atomic E-state index is 6.44. The minimum absolute atomic E-state index is 0.0918. The van der Waals surface area contributed by atoms with Crippen LogP contribution in [-0.4, -0.2) is 7.11 Å². The molecule has 0 saturated carbocycles. The van der Waals surface area contributed by atoms with Gasteiger partial charge in [-0.2, -0.15) is 0 Å². The topological polar surface area (TPSA) is 35.2 Å². The summed E-state index contributed by atoms with van der Waals surface area (Å²) in [6.45, 7) is 6.22. The van der Waals surface area contributed by atoms with Crippen molar-refractivity contribution in [1.82, 2.24) is 0 Å². The maximum atomic E-state index is 6.44. The van der Waals surface area contributed by atoms with Crippen LogP contribution in [0.15, 0.2) is 36.4 Å². The number of methoxy groups -OCH3 is 1. The van der Waals surface area contributed by atoms with E-state index in [1.165, 1.54) is 16.7 Å². The number of aryl methyl sites for hydroxylation is 3. The molecule has 0 amide bonds. The fraction of sp³-hybridized carbons (Fsp3) is 0.294. The molecule has 2 aromatic rings. The second-order valence-corrected chi connectivity index (χ2v) is 5.01. The first-order valence-corrected chi connectivity index (χ1v) is 6.51. The molecule has 100 valence electrons. The summed E-state index contributed by atoms with van der Waals surface area (Å²) in [7, 11) is 1.70. The highest BCUT2D eigenvalue weighted by Gasteiger charge is 2.15. The number of benzene rings is 2. The lowest BCUT2D eigenvalue weighted by atomic mass is 9.91. The number of nitrogens with two attached hydrogens (primary N) is 1. The lowest BCUT2D eigenvalue weighted by Gasteiger charge is -2.19. The van der Waals surface area contributed by atoms with Crippen molar-refractivity contribution in [2.75, 3.05) is 7.11 Å². The first kappa shape index (κ1) is 13.6. The molecule has 1 unspecified atom stereocenters. The average Bonchev–Trinajstić information content (AvgIpc) is 2.40. The summed E-state index contributed by atoms with van der Waals surface area (Å²) in [4.78, 5) is 0. The minimum atomic E-state index is -0.0918. The molecule has 0 aliphatic rings. The standard InChI is InChI=1S/C17H21NO/c1-11-7-5-6-8-14(11)17(18)15-9-13(3)16(19-4)10-12(15)2/h5-10,17H,18H2,1-4H3. The van der Waals surface area contributed by atoms with E-state index in [9.17, 15) is 0 Å². The van der Waals surface area contributed by atoms with Crippen LogP contribution in [0.25, 0.3) is 0 Å². The monoisotopic (exact) mass is 255 g/mol. The van der Waals surface area contributed by atoms with Gasteiger partial charge in [-0.3, -0.25) is 0 Å². The normalized spacial score (nSPS) is 12.3. The third-order valence-corrected chi connectivity index (χ3v) is 3.64. The summed E-state index contributed by atoms with van der Waals surface area (Å²) in [6.07, 6.45) is 0. The van der Waals surface area contributed by atoms with Crippen LogP contribution in [0, 0.1) is 20.8 Å². The van der Waals surface area contributed by atoms with Crippen molar-refractivity contribution in [3.63, 3.8) is 0 Å². The molecule has 0 saturated heterocycles. The van der Waals surface area contributed by atoms with Crippen molar-refractivity contribution in [2.45, 2.75) is 26.8 Å². The molecule has 1 atom stereocenters. The van der Waals surface area contributed by atoms with Gasteiger partial charge in [-0.05, 0) is 54.7 Å². The van der Waals surface area contributed by atoms with Gasteiger partial charge < -0.3 is 10.5 Å². The quantitative estimate of drug-likeness (QED) is 0.908. The number of hydrogen-bond donors (Lipinski definition) is 1. The van der Waals surface area contributed by atoms with Gasteiger partial charge in [0.15, 0.2) is 0 Å². The fourth-order valence-corrected chi connectivity index (χ4v) is 2.47. The summed E-state index contributed by atoms with van der Waals surface area (Å²) in [6, 6.07) is 12.4. The van der Waals surface area contributed by atoms with Crippen molar-refractivity contribution in [3.05, 3.63) is 64.2 Å². The fourth-order valence-electron chi connectivity index (χ4n) is 2.47. The van der Waals surface area contributed by atoms with Gasteiger partial charge in [-0.1, -0.05) is 30.3 Å². The van der Waals surface area contributed by atoms with E-state index >= 15 is 0 Å². The lowest BCUT2D eigenvalue weighted by molar-refractivity contribution is 0.411. The first-order chi connectivity index (χ1) is 9.04. The Morgan fingerprint density at radius 2 is 1.58 bits per heavy atom. The second kappa shape index (κ2) is 5.45. The molecule has 2 aromatic carbocycles. The van der Waals surface area contributed by atoms with Gasteiger partial charge in [0, 0.05) is 0 Å². The van der Waals surface area contributed by atoms with E-state index in [0.29, 0.717) is 0 Å². The molecule has 2 heteroatoms. The van der Waals surface area contributed by atoms with E-state index in [0.717, 1.165) is 16.9 Å². The van der Waals surface area contributed by atoms with Crippen molar-refractivity contribution in [1.29, 1.82) is 0 Å². The average molecular weight is 255 g/mol. The molecule has 0 heterocycles. The maximum Gasteiger partial charge on any atom is 0.122 e. The highest BCUT2D eigenvalue weighted by molar-refractivity contribution is 5.46. The molecule has 0 aliphatic heterocycles. The zero-order valence-electron chi connectivity index (χ0n) is 12.0. The Morgan fingerprint density at radius 1 is 0.895 bits per heavy atom. The van der Waals surface area contributed by atoms with Gasteiger partial charge in [0.1, 0.15) is 5.75 Å². The largest absolute Gasteiger partial charge is 0.496 e. The Morgan fingerprint density at radius 3 is 2.21 bits per heavy atom. The summed E-state index contributed by atoms with van der Waals surface area (Å²) >= 11 is 0. The predicted octanol–water partition coefficient (Wildman–Crippen LogP) is 3.67. The number of hydrogen-bond acceptors (Lipinski definition) is 2. The van der Waals surface area contributed by atoms with E-state index in [-0.39, 0.29) is 6.04 Å².